The van der Waals surface area contributed by atoms with Gasteiger partial charge >= 0.3 is 5.97 Å². The molecule has 2 rings (SSSR count). The van der Waals surface area contributed by atoms with Gasteiger partial charge in [0.25, 0.3) is 0 Å². The maximum atomic E-state index is 11.6. The van der Waals surface area contributed by atoms with Gasteiger partial charge in [-0.15, -0.1) is 0 Å². The van der Waals surface area contributed by atoms with Crippen molar-refractivity contribution in [2.75, 3.05) is 24.0 Å². The predicted molar refractivity (Wildman–Crippen MR) is 89.6 cm³/mol. The number of carbonyl (C=O) groups is 1. The van der Waals surface area contributed by atoms with Crippen molar-refractivity contribution in [3.05, 3.63) is 36.0 Å². The number of hydrogen-bond donors (Lipinski definition) is 1. The first-order valence-corrected chi connectivity index (χ1v) is 8.32. The molecular formula is C16H20N2O2S. The van der Waals surface area contributed by atoms with Crippen LogP contribution in [0.2, 0.25) is 0 Å². The summed E-state index contributed by atoms with van der Waals surface area (Å²) in [5.74, 6) is 0.0250. The molecule has 2 aromatic rings. The van der Waals surface area contributed by atoms with Crippen molar-refractivity contribution in [1.29, 1.82) is 0 Å². The molecule has 4 nitrogen and oxygen atoms in total. The lowest BCUT2D eigenvalue weighted by Gasteiger charge is -2.30. The number of benzene rings is 1. The molecular weight excluding hydrogens is 284 g/mol. The molecule has 0 amide bonds. The van der Waals surface area contributed by atoms with Crippen molar-refractivity contribution in [3.8, 4) is 0 Å². The minimum atomic E-state index is -0.936. The summed E-state index contributed by atoms with van der Waals surface area (Å²) in [5, 5.41) is 10.4. The number of anilines is 1. The largest absolute Gasteiger partial charge is 0.478 e. The number of para-hydroxylation sites is 1. The summed E-state index contributed by atoms with van der Waals surface area (Å²) in [6.45, 7) is 2.13. The first-order chi connectivity index (χ1) is 10.1. The van der Waals surface area contributed by atoms with Crippen molar-refractivity contribution in [3.63, 3.8) is 0 Å². The minimum Gasteiger partial charge on any atom is -0.478 e. The van der Waals surface area contributed by atoms with Gasteiger partial charge in [0.15, 0.2) is 0 Å². The van der Waals surface area contributed by atoms with Gasteiger partial charge in [0.05, 0.1) is 11.2 Å². The molecule has 0 aliphatic carbocycles. The predicted octanol–water partition coefficient (Wildman–Crippen LogP) is 3.51. The number of hydrogen-bond acceptors (Lipinski definition) is 4. The number of nitrogens with zero attached hydrogens (tertiary/aromatic N) is 2. The Kier molecular flexibility index (Phi) is 5.07. The Bertz CT molecular complexity index is 645. The molecule has 0 aliphatic rings. The normalized spacial score (nSPS) is 12.3. The highest BCUT2D eigenvalue weighted by Crippen LogP contribution is 2.31. The fourth-order valence-electron chi connectivity index (χ4n) is 2.54. The van der Waals surface area contributed by atoms with E-state index in [2.05, 4.69) is 23.1 Å². The second-order valence-corrected chi connectivity index (χ2v) is 5.88. The lowest BCUT2D eigenvalue weighted by atomic mass is 10.1. The number of pyridine rings is 1. The van der Waals surface area contributed by atoms with Crippen LogP contribution in [0, 0.1) is 0 Å². The summed E-state index contributed by atoms with van der Waals surface area (Å²) in [7, 11) is 1.97. The zero-order chi connectivity index (χ0) is 15.4. The van der Waals surface area contributed by atoms with E-state index in [0.29, 0.717) is 6.04 Å². The molecule has 1 atom stereocenters. The van der Waals surface area contributed by atoms with Crippen LogP contribution in [0.3, 0.4) is 0 Å². The number of fused-ring (bicyclic) bond motifs is 1. The highest BCUT2D eigenvalue weighted by Gasteiger charge is 2.22. The molecule has 1 aromatic carbocycles. The monoisotopic (exact) mass is 304 g/mol. The van der Waals surface area contributed by atoms with Crippen LogP contribution in [0.5, 0.6) is 0 Å². The van der Waals surface area contributed by atoms with Gasteiger partial charge in [0.1, 0.15) is 5.56 Å². The maximum Gasteiger partial charge on any atom is 0.339 e. The number of carboxylic acid groups (broad SMARTS) is 1. The molecule has 1 heterocycles. The van der Waals surface area contributed by atoms with Crippen molar-refractivity contribution < 1.29 is 9.90 Å². The Morgan fingerprint density at radius 1 is 1.43 bits per heavy atom. The molecule has 0 radical (unpaired) electrons. The second kappa shape index (κ2) is 6.80. The average Bonchev–Trinajstić information content (AvgIpc) is 2.50. The molecule has 112 valence electrons. The molecule has 0 saturated carbocycles. The first-order valence-electron chi connectivity index (χ1n) is 6.93. The van der Waals surface area contributed by atoms with Crippen LogP contribution < -0.4 is 4.90 Å². The lowest BCUT2D eigenvalue weighted by Crippen LogP contribution is -2.34. The highest BCUT2D eigenvalue weighted by atomic mass is 32.2. The van der Waals surface area contributed by atoms with Gasteiger partial charge in [0, 0.05) is 30.4 Å². The Morgan fingerprint density at radius 3 is 2.76 bits per heavy atom. The Morgan fingerprint density at radius 2 is 2.14 bits per heavy atom. The molecule has 21 heavy (non-hydrogen) atoms. The van der Waals surface area contributed by atoms with Crippen LogP contribution in [-0.2, 0) is 0 Å². The fourth-order valence-corrected chi connectivity index (χ4v) is 3.39. The van der Waals surface area contributed by atoms with E-state index in [1.165, 1.54) is 6.20 Å². The zero-order valence-electron chi connectivity index (χ0n) is 12.5. The molecule has 1 aromatic heterocycles. The van der Waals surface area contributed by atoms with E-state index in [4.69, 9.17) is 0 Å². The van der Waals surface area contributed by atoms with E-state index < -0.39 is 5.97 Å². The van der Waals surface area contributed by atoms with E-state index in [9.17, 15) is 9.90 Å². The van der Waals surface area contributed by atoms with Gasteiger partial charge in [-0.25, -0.2) is 4.79 Å². The SMILES string of the molecule is CCC(CSC)N(C)c1c(C(=O)O)cnc2ccccc12. The summed E-state index contributed by atoms with van der Waals surface area (Å²) in [4.78, 5) is 17.9. The third kappa shape index (κ3) is 3.13. The Labute approximate surface area is 129 Å². The third-order valence-electron chi connectivity index (χ3n) is 3.71. The summed E-state index contributed by atoms with van der Waals surface area (Å²) < 4.78 is 0. The molecule has 0 saturated heterocycles. The van der Waals surface area contributed by atoms with Crippen LogP contribution in [0.25, 0.3) is 10.9 Å². The number of aromatic nitrogens is 1. The standard InChI is InChI=1S/C16H20N2O2S/c1-4-11(10-21-3)18(2)15-12-7-5-6-8-14(12)17-9-13(15)16(19)20/h5-9,11H,4,10H2,1-3H3,(H,19,20). The summed E-state index contributed by atoms with van der Waals surface area (Å²) in [6, 6.07) is 7.98. The lowest BCUT2D eigenvalue weighted by molar-refractivity contribution is 0.0697. The molecule has 0 fully saturated rings. The van der Waals surface area contributed by atoms with Gasteiger partial charge in [-0.3, -0.25) is 4.98 Å². The number of carboxylic acids is 1. The van der Waals surface area contributed by atoms with Crippen LogP contribution in [0.15, 0.2) is 30.5 Å². The van der Waals surface area contributed by atoms with E-state index in [-0.39, 0.29) is 5.56 Å². The smallest absolute Gasteiger partial charge is 0.339 e. The summed E-state index contributed by atoms with van der Waals surface area (Å²) >= 11 is 1.77. The van der Waals surface area contributed by atoms with Gasteiger partial charge in [-0.1, -0.05) is 25.1 Å². The summed E-state index contributed by atoms with van der Waals surface area (Å²) in [6.07, 6.45) is 4.49. The van der Waals surface area contributed by atoms with Crippen LogP contribution in [-0.4, -0.2) is 41.2 Å². The van der Waals surface area contributed by atoms with Crippen LogP contribution in [0.4, 0.5) is 5.69 Å². The second-order valence-electron chi connectivity index (χ2n) is 4.97. The molecule has 1 unspecified atom stereocenters. The zero-order valence-corrected chi connectivity index (χ0v) is 13.4. The molecule has 5 heteroatoms. The van der Waals surface area contributed by atoms with E-state index >= 15 is 0 Å². The topological polar surface area (TPSA) is 53.4 Å². The molecule has 0 spiro atoms. The third-order valence-corrected chi connectivity index (χ3v) is 4.43. The van der Waals surface area contributed by atoms with E-state index in [0.717, 1.165) is 28.8 Å². The van der Waals surface area contributed by atoms with Crippen molar-refractivity contribution in [2.24, 2.45) is 0 Å². The average molecular weight is 304 g/mol. The summed E-state index contributed by atoms with van der Waals surface area (Å²) in [5.41, 5.74) is 1.84. The van der Waals surface area contributed by atoms with Gasteiger partial charge < -0.3 is 10.0 Å². The quantitative estimate of drug-likeness (QED) is 0.885. The molecule has 1 N–H and O–H groups in total. The van der Waals surface area contributed by atoms with E-state index in [1.807, 2.05) is 31.3 Å². The van der Waals surface area contributed by atoms with Gasteiger partial charge in [0.2, 0.25) is 0 Å². The minimum absolute atomic E-state index is 0.260. The van der Waals surface area contributed by atoms with Crippen LogP contribution in [0.1, 0.15) is 23.7 Å². The highest BCUT2D eigenvalue weighted by molar-refractivity contribution is 7.98. The Hall–Kier alpha value is -1.75. The number of aromatic carboxylic acids is 1. The maximum absolute atomic E-state index is 11.6. The number of thioether (sulfide) groups is 1. The van der Waals surface area contributed by atoms with Gasteiger partial charge in [-0.05, 0) is 18.7 Å². The van der Waals surface area contributed by atoms with Crippen molar-refractivity contribution >= 4 is 34.3 Å². The van der Waals surface area contributed by atoms with E-state index in [1.54, 1.807) is 11.8 Å². The van der Waals surface area contributed by atoms with Gasteiger partial charge in [-0.2, -0.15) is 11.8 Å². The van der Waals surface area contributed by atoms with Crippen molar-refractivity contribution in [1.82, 2.24) is 4.98 Å². The fraction of sp³-hybridized carbons (Fsp3) is 0.375. The number of rotatable bonds is 6. The molecule has 0 aliphatic heterocycles. The van der Waals surface area contributed by atoms with Crippen molar-refractivity contribution in [2.45, 2.75) is 19.4 Å². The molecule has 0 bridgehead atoms. The Balaban J connectivity index is 2.63. The van der Waals surface area contributed by atoms with Crippen LogP contribution >= 0.6 is 11.8 Å². The first kappa shape index (κ1) is 15.6.